The highest BCUT2D eigenvalue weighted by Gasteiger charge is 2.22. The molecular weight excluding hydrogens is 1010 g/mol. The Labute approximate surface area is 494 Å². The maximum absolute atomic E-state index is 12.8. The number of hydrogen-bond donors (Lipinski definition) is 0. The second-order valence-corrected chi connectivity index (χ2v) is 24.9. The number of likely N-dealkylation sites (N-methyl/N-ethyl adjacent to an activating group) is 1. The molecule has 0 radical (unpaired) electrons. The molecule has 0 aromatic heterocycles. The molecule has 0 amide bonds. The van der Waals surface area contributed by atoms with Crippen molar-refractivity contribution in [3.8, 4) is 0 Å². The van der Waals surface area contributed by atoms with Crippen molar-refractivity contribution in [3.63, 3.8) is 0 Å². The largest absolute Gasteiger partial charge is 0.756 e. The first-order valence-electron chi connectivity index (χ1n) is 33.3. The molecule has 0 aliphatic rings. The lowest BCUT2D eigenvalue weighted by molar-refractivity contribution is -0.870. The average molecular weight is 1140 g/mol. The van der Waals surface area contributed by atoms with Crippen LogP contribution in [-0.2, 0) is 32.7 Å². The molecule has 0 spiro atoms. The Morgan fingerprint density at radius 2 is 0.713 bits per heavy atom. The van der Waals surface area contributed by atoms with Gasteiger partial charge in [-0.05, 0) is 89.9 Å². The number of quaternary nitrogens is 1. The molecule has 10 heteroatoms. The SMILES string of the molecule is CC/C=C\C/C=C\C/C=C\C/C=C\CCCCCCCCCCCCCCCCCCCCCCC(=O)OC(COC(=O)CCCCCCCCCC/C=C\C/C=C\C/C=C\CCCCCCC)COP(=O)([O-])OCC[N+](C)(C)C. The normalized spacial score (nSPS) is 13.7. The van der Waals surface area contributed by atoms with Crippen molar-refractivity contribution in [1.82, 2.24) is 0 Å². The smallest absolute Gasteiger partial charge is 0.306 e. The number of allylic oxidation sites excluding steroid dienone is 14. The van der Waals surface area contributed by atoms with Crippen LogP contribution in [0.2, 0.25) is 0 Å². The van der Waals surface area contributed by atoms with E-state index in [1.807, 2.05) is 21.1 Å². The topological polar surface area (TPSA) is 111 Å². The van der Waals surface area contributed by atoms with Crippen LogP contribution in [0.1, 0.15) is 296 Å². The summed E-state index contributed by atoms with van der Waals surface area (Å²) in [4.78, 5) is 38.0. The second-order valence-electron chi connectivity index (χ2n) is 23.5. The number of esters is 2. The maximum atomic E-state index is 12.8. The van der Waals surface area contributed by atoms with E-state index in [0.29, 0.717) is 17.4 Å². The summed E-state index contributed by atoms with van der Waals surface area (Å²) >= 11 is 0. The lowest BCUT2D eigenvalue weighted by Gasteiger charge is -2.28. The molecule has 0 rings (SSSR count). The third kappa shape index (κ3) is 64.4. The lowest BCUT2D eigenvalue weighted by atomic mass is 10.0. The summed E-state index contributed by atoms with van der Waals surface area (Å²) < 4.78 is 34.3. The van der Waals surface area contributed by atoms with Crippen molar-refractivity contribution in [2.45, 2.75) is 302 Å². The van der Waals surface area contributed by atoms with E-state index in [0.717, 1.165) is 89.9 Å². The number of hydrogen-bond acceptors (Lipinski definition) is 8. The first-order valence-corrected chi connectivity index (χ1v) is 34.8. The number of unbranched alkanes of at least 4 members (excludes halogenated alkanes) is 33. The zero-order valence-corrected chi connectivity index (χ0v) is 53.7. The molecule has 0 aromatic carbocycles. The van der Waals surface area contributed by atoms with E-state index in [1.165, 1.54) is 173 Å². The van der Waals surface area contributed by atoms with Crippen LogP contribution >= 0.6 is 7.82 Å². The fraction of sp³-hybridized carbons (Fsp3) is 0.771. The molecule has 0 heterocycles. The summed E-state index contributed by atoms with van der Waals surface area (Å²) in [7, 11) is 1.16. The molecule has 2 atom stereocenters. The third-order valence-electron chi connectivity index (χ3n) is 14.4. The van der Waals surface area contributed by atoms with Crippen LogP contribution in [0.3, 0.4) is 0 Å². The Kier molecular flexibility index (Phi) is 58.6. The lowest BCUT2D eigenvalue weighted by Crippen LogP contribution is -2.37. The molecule has 0 aliphatic heterocycles. The van der Waals surface area contributed by atoms with Crippen LogP contribution in [0.15, 0.2) is 85.1 Å². The number of ether oxygens (including phenoxy) is 2. The van der Waals surface area contributed by atoms with Gasteiger partial charge in [0.2, 0.25) is 0 Å². The van der Waals surface area contributed by atoms with Crippen molar-refractivity contribution in [2.24, 2.45) is 0 Å². The van der Waals surface area contributed by atoms with Gasteiger partial charge in [0.25, 0.3) is 7.82 Å². The number of carbonyl (C=O) groups is 2. The van der Waals surface area contributed by atoms with Crippen LogP contribution < -0.4 is 4.89 Å². The Hall–Kier alpha value is -2.81. The van der Waals surface area contributed by atoms with Crippen molar-refractivity contribution >= 4 is 19.8 Å². The summed E-state index contributed by atoms with van der Waals surface area (Å²) in [5.41, 5.74) is 0. The van der Waals surface area contributed by atoms with Crippen LogP contribution in [0.25, 0.3) is 0 Å². The number of phosphoric acid groups is 1. The van der Waals surface area contributed by atoms with E-state index < -0.39 is 26.5 Å². The third-order valence-corrected chi connectivity index (χ3v) is 15.4. The standard InChI is InChI=1S/C70H126NO8P/c1-6-8-10-12-14-16-18-20-22-24-26-28-30-31-32-33-34-35-36-37-38-39-41-43-45-47-49-51-53-55-57-59-61-63-70(73)79-68(67-78-80(74,75)77-65-64-71(3,4)5)66-76-69(72)62-60-58-56-54-52-50-48-46-44-42-40-29-27-25-23-21-19-17-15-13-11-9-7-2/h8,10,14,16,19-22,25-28,40,42,68H,6-7,9,11-13,15,17-18,23-24,29-39,41,43-67H2,1-5H3/b10-8-,16-14-,21-19-,22-20-,27-25-,28-26-,42-40-. The first kappa shape index (κ1) is 77.2. The van der Waals surface area contributed by atoms with Crippen molar-refractivity contribution in [3.05, 3.63) is 85.1 Å². The predicted molar refractivity (Wildman–Crippen MR) is 342 cm³/mol. The van der Waals surface area contributed by atoms with E-state index in [4.69, 9.17) is 18.5 Å². The van der Waals surface area contributed by atoms with Gasteiger partial charge in [-0.25, -0.2) is 0 Å². The molecule has 9 nitrogen and oxygen atoms in total. The van der Waals surface area contributed by atoms with E-state index in [9.17, 15) is 19.0 Å². The summed E-state index contributed by atoms with van der Waals surface area (Å²) in [5, 5.41) is 0. The fourth-order valence-corrected chi connectivity index (χ4v) is 10.0. The monoisotopic (exact) mass is 1140 g/mol. The Morgan fingerprint density at radius 3 is 1.06 bits per heavy atom. The predicted octanol–water partition coefficient (Wildman–Crippen LogP) is 20.7. The van der Waals surface area contributed by atoms with E-state index in [2.05, 4.69) is 98.9 Å². The van der Waals surface area contributed by atoms with Crippen molar-refractivity contribution in [1.29, 1.82) is 0 Å². The first-order chi connectivity index (χ1) is 39.0. The van der Waals surface area contributed by atoms with Gasteiger partial charge in [0.05, 0.1) is 27.7 Å². The molecule has 0 bridgehead atoms. The molecule has 464 valence electrons. The number of carbonyl (C=O) groups excluding carboxylic acids is 2. The second kappa shape index (κ2) is 60.8. The highest BCUT2D eigenvalue weighted by atomic mass is 31.2. The zero-order valence-electron chi connectivity index (χ0n) is 52.8. The number of nitrogens with zero attached hydrogens (tertiary/aromatic N) is 1. The Balaban J connectivity index is 4.05. The van der Waals surface area contributed by atoms with Gasteiger partial charge in [-0.3, -0.25) is 14.2 Å². The van der Waals surface area contributed by atoms with Gasteiger partial charge in [-0.1, -0.05) is 279 Å². The molecule has 0 aromatic rings. The Morgan fingerprint density at radius 1 is 0.400 bits per heavy atom. The van der Waals surface area contributed by atoms with Crippen LogP contribution in [0.5, 0.6) is 0 Å². The quantitative estimate of drug-likeness (QED) is 0.0195. The van der Waals surface area contributed by atoms with E-state index in [1.54, 1.807) is 0 Å². The van der Waals surface area contributed by atoms with Crippen molar-refractivity contribution < 1.29 is 42.1 Å². The minimum Gasteiger partial charge on any atom is -0.756 e. The Bertz CT molecular complexity index is 1630. The summed E-state index contributed by atoms with van der Waals surface area (Å²) in [6.45, 7) is 4.14. The highest BCUT2D eigenvalue weighted by molar-refractivity contribution is 7.45. The minimum absolute atomic E-state index is 0.0336. The van der Waals surface area contributed by atoms with Gasteiger partial charge >= 0.3 is 11.9 Å². The van der Waals surface area contributed by atoms with Gasteiger partial charge in [-0.2, -0.15) is 0 Å². The molecule has 2 unspecified atom stereocenters. The maximum Gasteiger partial charge on any atom is 0.306 e. The van der Waals surface area contributed by atoms with Gasteiger partial charge < -0.3 is 27.9 Å². The number of phosphoric ester groups is 1. The molecule has 0 N–H and O–H groups in total. The number of rotatable bonds is 61. The fourth-order valence-electron chi connectivity index (χ4n) is 9.30. The molecule has 80 heavy (non-hydrogen) atoms. The van der Waals surface area contributed by atoms with E-state index >= 15 is 0 Å². The van der Waals surface area contributed by atoms with Gasteiger partial charge in [0.1, 0.15) is 19.8 Å². The van der Waals surface area contributed by atoms with Gasteiger partial charge in [-0.15, -0.1) is 0 Å². The van der Waals surface area contributed by atoms with Crippen LogP contribution in [-0.4, -0.2) is 70.0 Å². The van der Waals surface area contributed by atoms with Crippen molar-refractivity contribution in [2.75, 3.05) is 47.5 Å². The molecular formula is C70H126NO8P. The summed E-state index contributed by atoms with van der Waals surface area (Å²) in [5.74, 6) is -0.833. The molecule has 0 saturated carbocycles. The van der Waals surface area contributed by atoms with Crippen LogP contribution in [0.4, 0.5) is 0 Å². The molecule has 0 saturated heterocycles. The molecule has 0 fully saturated rings. The molecule has 0 aliphatic carbocycles. The van der Waals surface area contributed by atoms with Crippen LogP contribution in [0, 0.1) is 0 Å². The highest BCUT2D eigenvalue weighted by Crippen LogP contribution is 2.38. The minimum atomic E-state index is -4.64. The average Bonchev–Trinajstić information content (AvgIpc) is 3.42. The van der Waals surface area contributed by atoms with Gasteiger partial charge in [0.15, 0.2) is 6.10 Å². The van der Waals surface area contributed by atoms with Gasteiger partial charge in [0, 0.05) is 12.8 Å². The zero-order chi connectivity index (χ0) is 58.4. The summed E-state index contributed by atoms with van der Waals surface area (Å²) in [6.07, 6.45) is 82.2. The summed E-state index contributed by atoms with van der Waals surface area (Å²) in [6, 6.07) is 0. The van der Waals surface area contributed by atoms with E-state index in [-0.39, 0.29) is 32.0 Å².